The van der Waals surface area contributed by atoms with Crippen molar-refractivity contribution in [3.05, 3.63) is 24.3 Å². The fourth-order valence-electron chi connectivity index (χ4n) is 2.51. The molecule has 1 aromatic rings. The molecule has 0 saturated heterocycles. The number of benzene rings is 1. The van der Waals surface area contributed by atoms with Crippen LogP contribution in [0.4, 0.5) is 5.69 Å². The molecule has 1 amide bonds. The van der Waals surface area contributed by atoms with Crippen LogP contribution in [0.3, 0.4) is 0 Å². The Morgan fingerprint density at radius 3 is 2.26 bits per heavy atom. The number of amides is 1. The fourth-order valence-corrected chi connectivity index (χ4v) is 2.51. The van der Waals surface area contributed by atoms with E-state index in [0.717, 1.165) is 17.9 Å². The van der Waals surface area contributed by atoms with Crippen molar-refractivity contribution in [1.29, 1.82) is 0 Å². The first-order valence-corrected chi connectivity index (χ1v) is 8.52. The van der Waals surface area contributed by atoms with Gasteiger partial charge in [-0.15, -0.1) is 0 Å². The number of rotatable bonds is 9. The second kappa shape index (κ2) is 8.92. The fraction of sp³-hybridized carbons (Fsp3) is 0.632. The Morgan fingerprint density at radius 2 is 1.78 bits per heavy atom. The maximum atomic E-state index is 12.6. The molecule has 2 atom stereocenters. The van der Waals surface area contributed by atoms with E-state index in [9.17, 15) is 4.79 Å². The molecule has 0 fully saturated rings. The van der Waals surface area contributed by atoms with Gasteiger partial charge in [0.2, 0.25) is 0 Å². The summed E-state index contributed by atoms with van der Waals surface area (Å²) in [4.78, 5) is 12.6. The molecule has 0 saturated carbocycles. The molecule has 4 heteroatoms. The van der Waals surface area contributed by atoms with Crippen molar-refractivity contribution in [3.63, 3.8) is 0 Å². The van der Waals surface area contributed by atoms with E-state index >= 15 is 0 Å². The predicted molar refractivity (Wildman–Crippen MR) is 94.9 cm³/mol. The van der Waals surface area contributed by atoms with Crippen LogP contribution in [0, 0.1) is 5.92 Å². The van der Waals surface area contributed by atoms with Gasteiger partial charge in [-0.25, -0.2) is 0 Å². The molecule has 0 unspecified atom stereocenters. The molecular weight excluding hydrogens is 290 g/mol. The lowest BCUT2D eigenvalue weighted by molar-refractivity contribution is -0.140. The maximum absolute atomic E-state index is 12.6. The molecule has 1 rings (SSSR count). The molecule has 0 bridgehead atoms. The minimum Gasteiger partial charge on any atom is -0.491 e. The minimum atomic E-state index is -0.811. The molecule has 0 spiro atoms. The molecule has 0 aromatic heterocycles. The number of anilines is 1. The van der Waals surface area contributed by atoms with E-state index in [0.29, 0.717) is 18.9 Å². The Kier molecular flexibility index (Phi) is 7.56. The molecule has 0 aliphatic rings. The molecular formula is C19H31NO3. The summed E-state index contributed by atoms with van der Waals surface area (Å²) in [6.45, 7) is 12.6. The Morgan fingerprint density at radius 1 is 1.17 bits per heavy atom. The third-order valence-electron chi connectivity index (χ3n) is 3.77. The largest absolute Gasteiger partial charge is 0.491 e. The predicted octanol–water partition coefficient (Wildman–Crippen LogP) is 4.64. The van der Waals surface area contributed by atoms with Crippen molar-refractivity contribution in [2.45, 2.75) is 66.1 Å². The number of hydrogen-bond donors (Lipinski definition) is 1. The van der Waals surface area contributed by atoms with Crippen LogP contribution in [-0.4, -0.2) is 24.2 Å². The Bertz CT molecular complexity index is 484. The minimum absolute atomic E-state index is 0.108. The third-order valence-corrected chi connectivity index (χ3v) is 3.77. The summed E-state index contributed by atoms with van der Waals surface area (Å²) in [5.74, 6) is 1.08. The van der Waals surface area contributed by atoms with E-state index in [1.165, 1.54) is 0 Å². The lowest BCUT2D eigenvalue weighted by atomic mass is 9.93. The quantitative estimate of drug-likeness (QED) is 0.720. The highest BCUT2D eigenvalue weighted by molar-refractivity contribution is 5.97. The lowest BCUT2D eigenvalue weighted by Crippen LogP contribution is -2.43. The first kappa shape index (κ1) is 19.5. The molecule has 0 aliphatic carbocycles. The van der Waals surface area contributed by atoms with Crippen LogP contribution in [0.25, 0.3) is 0 Å². The summed E-state index contributed by atoms with van der Waals surface area (Å²) in [6.07, 6.45) is 1.82. The molecule has 4 nitrogen and oxygen atoms in total. The van der Waals surface area contributed by atoms with Crippen LogP contribution < -0.4 is 10.1 Å². The Labute approximate surface area is 140 Å². The zero-order chi connectivity index (χ0) is 17.5. The number of carbonyl (C=O) groups excluding carboxylic acids is 1. The van der Waals surface area contributed by atoms with Crippen LogP contribution in [0.2, 0.25) is 0 Å². The molecule has 0 radical (unpaired) electrons. The van der Waals surface area contributed by atoms with Crippen molar-refractivity contribution in [2.75, 3.05) is 11.9 Å². The van der Waals surface area contributed by atoms with Gasteiger partial charge in [0.15, 0.2) is 0 Å². The van der Waals surface area contributed by atoms with Gasteiger partial charge in [-0.2, -0.15) is 0 Å². The van der Waals surface area contributed by atoms with E-state index in [4.69, 9.17) is 9.47 Å². The van der Waals surface area contributed by atoms with Gasteiger partial charge in [0.05, 0.1) is 6.10 Å². The van der Waals surface area contributed by atoms with Crippen LogP contribution >= 0.6 is 0 Å². The summed E-state index contributed by atoms with van der Waals surface area (Å²) in [5, 5.41) is 2.95. The van der Waals surface area contributed by atoms with Crippen molar-refractivity contribution < 1.29 is 14.3 Å². The molecule has 0 aliphatic heterocycles. The van der Waals surface area contributed by atoms with Crippen LogP contribution in [0.15, 0.2) is 24.3 Å². The van der Waals surface area contributed by atoms with Crippen LogP contribution in [0.5, 0.6) is 5.75 Å². The number of carbonyl (C=O) groups is 1. The highest BCUT2D eigenvalue weighted by Gasteiger charge is 2.34. The summed E-state index contributed by atoms with van der Waals surface area (Å²) < 4.78 is 11.5. The van der Waals surface area contributed by atoms with Crippen molar-refractivity contribution in [2.24, 2.45) is 5.92 Å². The van der Waals surface area contributed by atoms with Crippen molar-refractivity contribution in [1.82, 2.24) is 0 Å². The van der Waals surface area contributed by atoms with Crippen LogP contribution in [-0.2, 0) is 9.53 Å². The maximum Gasteiger partial charge on any atom is 0.256 e. The van der Waals surface area contributed by atoms with E-state index in [-0.39, 0.29) is 12.0 Å². The van der Waals surface area contributed by atoms with Gasteiger partial charge >= 0.3 is 0 Å². The number of ether oxygens (including phenoxy) is 2. The molecule has 23 heavy (non-hydrogen) atoms. The van der Waals surface area contributed by atoms with Gasteiger partial charge in [0, 0.05) is 12.3 Å². The Balaban J connectivity index is 2.74. The number of nitrogens with one attached hydrogen (secondary N) is 1. The van der Waals surface area contributed by atoms with E-state index < -0.39 is 5.60 Å². The third kappa shape index (κ3) is 6.22. The molecule has 0 heterocycles. The molecule has 1 N–H and O–H groups in total. The lowest BCUT2D eigenvalue weighted by Gasteiger charge is -2.29. The van der Waals surface area contributed by atoms with Crippen molar-refractivity contribution in [3.8, 4) is 5.75 Å². The first-order chi connectivity index (χ1) is 10.8. The zero-order valence-electron chi connectivity index (χ0n) is 15.3. The van der Waals surface area contributed by atoms with Gasteiger partial charge in [0.25, 0.3) is 5.91 Å². The smallest absolute Gasteiger partial charge is 0.256 e. The molecule has 130 valence electrons. The van der Waals surface area contributed by atoms with Crippen LogP contribution in [0.1, 0.15) is 54.4 Å². The summed E-state index contributed by atoms with van der Waals surface area (Å²) in [5.41, 5.74) is -0.0596. The number of hydrogen-bond acceptors (Lipinski definition) is 3. The Hall–Kier alpha value is -1.55. The second-order valence-corrected chi connectivity index (χ2v) is 6.58. The zero-order valence-corrected chi connectivity index (χ0v) is 15.3. The van der Waals surface area contributed by atoms with E-state index in [1.807, 2.05) is 45.0 Å². The summed E-state index contributed by atoms with van der Waals surface area (Å²) in [7, 11) is 0. The standard InChI is InChI=1S/C19H31NO3/c1-7-15(5)23-17-11-9-16(10-12-17)20-18(21)19(6,22-8-2)13-14(3)4/h9-12,14-15H,7-8,13H2,1-6H3,(H,20,21)/t15-,19+/m1/s1. The van der Waals surface area contributed by atoms with Crippen molar-refractivity contribution >= 4 is 11.6 Å². The van der Waals surface area contributed by atoms with E-state index in [1.54, 1.807) is 0 Å². The highest BCUT2D eigenvalue weighted by Crippen LogP contribution is 2.24. The second-order valence-electron chi connectivity index (χ2n) is 6.58. The average Bonchev–Trinajstić information content (AvgIpc) is 2.48. The first-order valence-electron chi connectivity index (χ1n) is 8.52. The highest BCUT2D eigenvalue weighted by atomic mass is 16.5. The molecule has 1 aromatic carbocycles. The SMILES string of the molecule is CCO[C@@](C)(CC(C)C)C(=O)Nc1ccc(O[C@H](C)CC)cc1. The normalized spacial score (nSPS) is 15.1. The van der Waals surface area contributed by atoms with Gasteiger partial charge in [-0.1, -0.05) is 20.8 Å². The average molecular weight is 321 g/mol. The van der Waals surface area contributed by atoms with E-state index in [2.05, 4.69) is 26.1 Å². The van der Waals surface area contributed by atoms with Gasteiger partial charge < -0.3 is 14.8 Å². The topological polar surface area (TPSA) is 47.6 Å². The van der Waals surface area contributed by atoms with Gasteiger partial charge in [-0.05, 0) is 63.8 Å². The monoisotopic (exact) mass is 321 g/mol. The summed E-state index contributed by atoms with van der Waals surface area (Å²) >= 11 is 0. The summed E-state index contributed by atoms with van der Waals surface area (Å²) in [6, 6.07) is 7.47. The van der Waals surface area contributed by atoms with Gasteiger partial charge in [-0.3, -0.25) is 4.79 Å². The van der Waals surface area contributed by atoms with Gasteiger partial charge in [0.1, 0.15) is 11.4 Å².